The van der Waals surface area contributed by atoms with Crippen molar-refractivity contribution >= 4 is 0 Å². The number of hydrogen-bond donors (Lipinski definition) is 0. The largest absolute Gasteiger partial charge is 0.373 e. The molecule has 0 aliphatic carbocycles. The second-order valence-electron chi connectivity index (χ2n) is 5.83. The second kappa shape index (κ2) is 4.87. The van der Waals surface area contributed by atoms with E-state index in [0.717, 1.165) is 18.9 Å². The van der Waals surface area contributed by atoms with Crippen molar-refractivity contribution in [2.24, 2.45) is 5.92 Å². The summed E-state index contributed by atoms with van der Waals surface area (Å²) in [5, 5.41) is 0. The van der Waals surface area contributed by atoms with Gasteiger partial charge in [0.1, 0.15) is 0 Å². The predicted molar refractivity (Wildman–Crippen MR) is 65.0 cm³/mol. The van der Waals surface area contributed by atoms with Gasteiger partial charge in [-0.2, -0.15) is 0 Å². The van der Waals surface area contributed by atoms with E-state index >= 15 is 0 Å². The van der Waals surface area contributed by atoms with Crippen LogP contribution in [0, 0.1) is 5.92 Å². The van der Waals surface area contributed by atoms with Crippen LogP contribution in [-0.4, -0.2) is 37.1 Å². The number of ether oxygens (including phenoxy) is 3. The highest BCUT2D eigenvalue weighted by molar-refractivity contribution is 4.93. The topological polar surface area (TPSA) is 37.6 Å². The average Bonchev–Trinajstić information content (AvgIpc) is 3.15. The molecule has 3 saturated heterocycles. The Morgan fingerprint density at radius 1 is 1.12 bits per heavy atom. The smallest absolute Gasteiger partial charge is 0.0867 e. The number of hydrogen-bond acceptors (Lipinski definition) is 3. The normalized spacial score (nSPS) is 44.5. The summed E-state index contributed by atoms with van der Waals surface area (Å²) < 4.78 is 16.6. The average molecular weight is 240 g/mol. The van der Waals surface area contributed by atoms with E-state index in [1.165, 1.54) is 25.7 Å². The molecule has 3 aliphatic rings. The van der Waals surface area contributed by atoms with Gasteiger partial charge in [-0.25, -0.2) is 0 Å². The van der Waals surface area contributed by atoms with Crippen molar-refractivity contribution in [1.29, 1.82) is 0 Å². The van der Waals surface area contributed by atoms with E-state index in [1.54, 1.807) is 0 Å². The molecule has 3 heterocycles. The summed E-state index contributed by atoms with van der Waals surface area (Å²) in [5.74, 6) is 0.779. The van der Waals surface area contributed by atoms with E-state index in [1.807, 2.05) is 0 Å². The summed E-state index contributed by atoms with van der Waals surface area (Å²) in [4.78, 5) is 0. The Hall–Kier alpha value is -0.120. The Balaban J connectivity index is 1.31. The zero-order chi connectivity index (χ0) is 11.8. The van der Waals surface area contributed by atoms with Crippen molar-refractivity contribution in [2.45, 2.75) is 76.5 Å². The molecule has 3 nitrogen and oxygen atoms in total. The van der Waals surface area contributed by atoms with Gasteiger partial charge in [-0.1, -0.05) is 13.3 Å². The van der Waals surface area contributed by atoms with Gasteiger partial charge in [-0.3, -0.25) is 0 Å². The van der Waals surface area contributed by atoms with E-state index in [0.29, 0.717) is 30.5 Å². The monoisotopic (exact) mass is 240 g/mol. The summed E-state index contributed by atoms with van der Waals surface area (Å²) in [6, 6.07) is 0. The molecule has 0 amide bonds. The molecule has 3 rings (SSSR count). The third kappa shape index (κ3) is 3.21. The van der Waals surface area contributed by atoms with Gasteiger partial charge in [0.2, 0.25) is 0 Å². The molecule has 0 radical (unpaired) electrons. The summed E-state index contributed by atoms with van der Waals surface area (Å²) >= 11 is 0. The standard InChI is InChI=1S/C14H24O3/c1-3-4-10(14-8-15-14)5-6-11-13(17-11)7-12-9(2)16-12/h9-14H,3-8H2,1-2H3. The minimum absolute atomic E-state index is 0.479. The van der Waals surface area contributed by atoms with E-state index < -0.39 is 0 Å². The fraction of sp³-hybridized carbons (Fsp3) is 1.00. The molecule has 0 saturated carbocycles. The van der Waals surface area contributed by atoms with Crippen molar-refractivity contribution in [1.82, 2.24) is 0 Å². The maximum Gasteiger partial charge on any atom is 0.0867 e. The van der Waals surface area contributed by atoms with Gasteiger partial charge in [-0.15, -0.1) is 0 Å². The molecular weight excluding hydrogens is 216 g/mol. The van der Waals surface area contributed by atoms with E-state index in [-0.39, 0.29) is 0 Å². The molecule has 0 spiro atoms. The lowest BCUT2D eigenvalue weighted by Crippen LogP contribution is -2.10. The quantitative estimate of drug-likeness (QED) is 0.612. The van der Waals surface area contributed by atoms with Crippen LogP contribution in [0.3, 0.4) is 0 Å². The van der Waals surface area contributed by atoms with Crippen molar-refractivity contribution in [2.75, 3.05) is 6.61 Å². The van der Waals surface area contributed by atoms with Gasteiger partial charge in [0.25, 0.3) is 0 Å². The van der Waals surface area contributed by atoms with Gasteiger partial charge >= 0.3 is 0 Å². The zero-order valence-electron chi connectivity index (χ0n) is 10.9. The van der Waals surface area contributed by atoms with Crippen LogP contribution in [-0.2, 0) is 14.2 Å². The molecule has 6 unspecified atom stereocenters. The van der Waals surface area contributed by atoms with Crippen molar-refractivity contribution in [3.05, 3.63) is 0 Å². The molecule has 6 atom stereocenters. The first kappa shape index (κ1) is 11.9. The first-order chi connectivity index (χ1) is 8.28. The van der Waals surface area contributed by atoms with Crippen LogP contribution < -0.4 is 0 Å². The number of rotatable bonds is 8. The molecule has 0 aromatic heterocycles. The first-order valence-electron chi connectivity index (χ1n) is 7.20. The van der Waals surface area contributed by atoms with Crippen LogP contribution >= 0.6 is 0 Å². The molecular formula is C14H24O3. The Kier molecular flexibility index (Phi) is 3.42. The lowest BCUT2D eigenvalue weighted by atomic mass is 9.93. The van der Waals surface area contributed by atoms with Crippen molar-refractivity contribution < 1.29 is 14.2 Å². The lowest BCUT2D eigenvalue weighted by molar-refractivity contribution is 0.281. The lowest BCUT2D eigenvalue weighted by Gasteiger charge is -2.11. The van der Waals surface area contributed by atoms with Crippen LogP contribution in [0.4, 0.5) is 0 Å². The highest BCUT2D eigenvalue weighted by Crippen LogP contribution is 2.38. The third-order valence-corrected chi connectivity index (χ3v) is 4.36. The minimum atomic E-state index is 0.479. The molecule has 0 N–H and O–H groups in total. The Morgan fingerprint density at radius 3 is 2.47 bits per heavy atom. The molecule has 17 heavy (non-hydrogen) atoms. The van der Waals surface area contributed by atoms with Gasteiger partial charge in [0.15, 0.2) is 0 Å². The molecule has 3 fully saturated rings. The SMILES string of the molecule is CCCC(CCC1OC1CC1OC1C)C1CO1. The summed E-state index contributed by atoms with van der Waals surface area (Å²) in [5.41, 5.74) is 0. The van der Waals surface area contributed by atoms with Crippen molar-refractivity contribution in [3.63, 3.8) is 0 Å². The molecule has 0 aromatic rings. The summed E-state index contributed by atoms with van der Waals surface area (Å²) in [6.45, 7) is 5.40. The Morgan fingerprint density at radius 2 is 1.88 bits per heavy atom. The van der Waals surface area contributed by atoms with Gasteiger partial charge in [0.05, 0.1) is 37.1 Å². The van der Waals surface area contributed by atoms with E-state index in [2.05, 4.69) is 13.8 Å². The van der Waals surface area contributed by atoms with Gasteiger partial charge < -0.3 is 14.2 Å². The fourth-order valence-electron chi connectivity index (χ4n) is 2.94. The highest BCUT2D eigenvalue weighted by Gasteiger charge is 2.46. The highest BCUT2D eigenvalue weighted by atomic mass is 16.6. The Bertz CT molecular complexity index is 264. The van der Waals surface area contributed by atoms with Crippen LogP contribution in [0.2, 0.25) is 0 Å². The fourth-order valence-corrected chi connectivity index (χ4v) is 2.94. The zero-order valence-corrected chi connectivity index (χ0v) is 10.9. The molecule has 0 bridgehead atoms. The maximum atomic E-state index is 5.72. The van der Waals surface area contributed by atoms with Crippen molar-refractivity contribution in [3.8, 4) is 0 Å². The summed E-state index contributed by atoms with van der Waals surface area (Å²) in [6.07, 6.45) is 8.74. The summed E-state index contributed by atoms with van der Waals surface area (Å²) in [7, 11) is 0. The van der Waals surface area contributed by atoms with Gasteiger partial charge in [0, 0.05) is 6.42 Å². The van der Waals surface area contributed by atoms with E-state index in [9.17, 15) is 0 Å². The molecule has 3 aliphatic heterocycles. The van der Waals surface area contributed by atoms with E-state index in [4.69, 9.17) is 14.2 Å². The van der Waals surface area contributed by atoms with Gasteiger partial charge in [-0.05, 0) is 32.1 Å². The second-order valence-corrected chi connectivity index (χ2v) is 5.83. The minimum Gasteiger partial charge on any atom is -0.373 e. The molecule has 0 aromatic carbocycles. The van der Waals surface area contributed by atoms with Crippen LogP contribution in [0.15, 0.2) is 0 Å². The van der Waals surface area contributed by atoms with Crippen LogP contribution in [0.25, 0.3) is 0 Å². The van der Waals surface area contributed by atoms with Crippen LogP contribution in [0.5, 0.6) is 0 Å². The Labute approximate surface area is 104 Å². The predicted octanol–water partition coefficient (Wildman–Crippen LogP) is 2.53. The van der Waals surface area contributed by atoms with Crippen LogP contribution in [0.1, 0.15) is 46.0 Å². The number of epoxide rings is 3. The molecule has 98 valence electrons. The first-order valence-corrected chi connectivity index (χ1v) is 7.20. The molecule has 3 heteroatoms. The maximum absolute atomic E-state index is 5.72. The third-order valence-electron chi connectivity index (χ3n) is 4.36.